The van der Waals surface area contributed by atoms with Crippen LogP contribution in [0.3, 0.4) is 0 Å². The summed E-state index contributed by atoms with van der Waals surface area (Å²) in [6, 6.07) is 0. The topological polar surface area (TPSA) is 8.81 Å². The fourth-order valence-corrected chi connectivity index (χ4v) is 0.730. The Morgan fingerprint density at radius 1 is 1.50 bits per heavy atom. The number of halogens is 1. The molecule has 0 radical (unpaired) electrons. The van der Waals surface area contributed by atoms with Crippen molar-refractivity contribution < 1.29 is 17.0 Å². The molecular weight excluding hydrogens is 148 g/mol. The standard InChI is InChI=1S/C7H11N2.ClH/c1-3-4-9-6-5-8(2)7-9;/h3-7H,1-2H3;1H/q+1;/p-1. The fourth-order valence-electron chi connectivity index (χ4n) is 0.730. The molecule has 0 aliphatic carbocycles. The molecule has 0 atom stereocenters. The van der Waals surface area contributed by atoms with Crippen molar-refractivity contribution in [2.45, 2.75) is 6.92 Å². The summed E-state index contributed by atoms with van der Waals surface area (Å²) in [7, 11) is 2.00. The van der Waals surface area contributed by atoms with Crippen molar-refractivity contribution >= 4 is 6.20 Å². The highest BCUT2D eigenvalue weighted by Crippen LogP contribution is 1.76. The van der Waals surface area contributed by atoms with Gasteiger partial charge in [0.25, 0.3) is 0 Å². The van der Waals surface area contributed by atoms with E-state index in [-0.39, 0.29) is 12.4 Å². The summed E-state index contributed by atoms with van der Waals surface area (Å²) in [6.07, 6.45) is 10.0. The largest absolute Gasteiger partial charge is 1.00 e. The molecule has 0 N–H and O–H groups in total. The van der Waals surface area contributed by atoms with E-state index >= 15 is 0 Å². The number of aromatic nitrogens is 2. The number of allylic oxidation sites excluding steroid dienone is 1. The van der Waals surface area contributed by atoms with Gasteiger partial charge in [-0.05, 0) is 13.0 Å². The number of nitrogens with zero attached hydrogens (tertiary/aromatic N) is 2. The summed E-state index contributed by atoms with van der Waals surface area (Å²) in [4.78, 5) is 0. The number of hydrogen-bond donors (Lipinski definition) is 0. The number of hydrogen-bond acceptors (Lipinski definition) is 0. The molecule has 0 spiro atoms. The third kappa shape index (κ3) is 2.23. The Labute approximate surface area is 67.2 Å². The van der Waals surface area contributed by atoms with Crippen molar-refractivity contribution in [1.82, 2.24) is 4.57 Å². The second kappa shape index (κ2) is 4.12. The van der Waals surface area contributed by atoms with Crippen LogP contribution in [-0.2, 0) is 7.05 Å². The first-order chi connectivity index (χ1) is 4.33. The molecule has 1 aromatic rings. The lowest BCUT2D eigenvalue weighted by Crippen LogP contribution is -3.00. The monoisotopic (exact) mass is 158 g/mol. The highest BCUT2D eigenvalue weighted by atomic mass is 35.5. The predicted molar refractivity (Wildman–Crippen MR) is 36.6 cm³/mol. The van der Waals surface area contributed by atoms with E-state index < -0.39 is 0 Å². The van der Waals surface area contributed by atoms with Crippen LogP contribution in [-0.4, -0.2) is 4.57 Å². The minimum Gasteiger partial charge on any atom is -1.00 e. The normalized spacial score (nSPS) is 9.80. The molecule has 0 aliphatic heterocycles. The Kier molecular flexibility index (Phi) is 3.81. The van der Waals surface area contributed by atoms with E-state index in [1.807, 2.05) is 54.1 Å². The van der Waals surface area contributed by atoms with E-state index in [2.05, 4.69) is 0 Å². The van der Waals surface area contributed by atoms with Crippen LogP contribution in [0.15, 0.2) is 24.8 Å². The summed E-state index contributed by atoms with van der Waals surface area (Å²) in [5, 5.41) is 0. The molecule has 0 fully saturated rings. The van der Waals surface area contributed by atoms with Gasteiger partial charge in [-0.2, -0.15) is 0 Å². The quantitative estimate of drug-likeness (QED) is 0.411. The Bertz CT molecular complexity index is 215. The van der Waals surface area contributed by atoms with Gasteiger partial charge in [-0.15, -0.1) is 0 Å². The van der Waals surface area contributed by atoms with Crippen molar-refractivity contribution in [3.8, 4) is 0 Å². The molecule has 1 heterocycles. The summed E-state index contributed by atoms with van der Waals surface area (Å²) in [5.41, 5.74) is 0. The van der Waals surface area contributed by atoms with Crippen molar-refractivity contribution in [1.29, 1.82) is 0 Å². The fraction of sp³-hybridized carbons (Fsp3) is 0.286. The smallest absolute Gasteiger partial charge is 0.248 e. The first-order valence-corrected chi connectivity index (χ1v) is 2.98. The average molecular weight is 159 g/mol. The van der Waals surface area contributed by atoms with Crippen LogP contribution < -0.4 is 17.0 Å². The van der Waals surface area contributed by atoms with Crippen molar-refractivity contribution in [2.75, 3.05) is 0 Å². The lowest BCUT2D eigenvalue weighted by molar-refractivity contribution is -0.567. The Morgan fingerprint density at radius 3 is 2.60 bits per heavy atom. The van der Waals surface area contributed by atoms with Crippen LogP contribution in [0.2, 0.25) is 0 Å². The molecule has 0 aliphatic rings. The van der Waals surface area contributed by atoms with Gasteiger partial charge in [0.1, 0.15) is 12.4 Å². The van der Waals surface area contributed by atoms with Crippen LogP contribution >= 0.6 is 0 Å². The lowest BCUT2D eigenvalue weighted by Gasteiger charge is -1.77. The molecule has 0 saturated heterocycles. The van der Waals surface area contributed by atoms with Gasteiger partial charge in [0.05, 0.1) is 13.2 Å². The number of imidazole rings is 1. The minimum absolute atomic E-state index is 0. The molecule has 0 unspecified atom stereocenters. The maximum absolute atomic E-state index is 2.00. The molecular formula is C7H11ClN2. The predicted octanol–water partition coefficient (Wildman–Crippen LogP) is -2.19. The van der Waals surface area contributed by atoms with Gasteiger partial charge in [-0.1, -0.05) is 0 Å². The third-order valence-electron chi connectivity index (χ3n) is 1.11. The summed E-state index contributed by atoms with van der Waals surface area (Å²) in [5.74, 6) is 0. The Morgan fingerprint density at radius 2 is 2.20 bits per heavy atom. The van der Waals surface area contributed by atoms with Gasteiger partial charge in [0.15, 0.2) is 0 Å². The SMILES string of the molecule is CC=C[n+]1ccn(C)c1.[Cl-]. The van der Waals surface area contributed by atoms with Crippen LogP contribution in [0.25, 0.3) is 6.20 Å². The van der Waals surface area contributed by atoms with E-state index in [0.29, 0.717) is 0 Å². The molecule has 0 amide bonds. The number of rotatable bonds is 1. The zero-order chi connectivity index (χ0) is 6.69. The first-order valence-electron chi connectivity index (χ1n) is 2.98. The Hall–Kier alpha value is -0.760. The van der Waals surface area contributed by atoms with E-state index in [1.54, 1.807) is 0 Å². The lowest BCUT2D eigenvalue weighted by atomic mass is 10.7. The molecule has 10 heavy (non-hydrogen) atoms. The van der Waals surface area contributed by atoms with Crippen molar-refractivity contribution in [3.05, 3.63) is 24.8 Å². The maximum atomic E-state index is 2.00. The molecule has 0 aromatic carbocycles. The molecule has 2 nitrogen and oxygen atoms in total. The van der Waals surface area contributed by atoms with Gasteiger partial charge in [-0.3, -0.25) is 0 Å². The molecule has 1 aromatic heterocycles. The van der Waals surface area contributed by atoms with E-state index in [1.165, 1.54) is 0 Å². The van der Waals surface area contributed by atoms with Gasteiger partial charge in [0, 0.05) is 0 Å². The second-order valence-electron chi connectivity index (χ2n) is 2.01. The molecule has 1 rings (SSSR count). The second-order valence-corrected chi connectivity index (χ2v) is 2.01. The highest BCUT2D eigenvalue weighted by Gasteiger charge is 1.91. The molecule has 0 saturated carbocycles. The van der Waals surface area contributed by atoms with Crippen LogP contribution in [0.4, 0.5) is 0 Å². The third-order valence-corrected chi connectivity index (χ3v) is 1.11. The van der Waals surface area contributed by atoms with Gasteiger partial charge >= 0.3 is 0 Å². The number of aryl methyl sites for hydroxylation is 1. The molecule has 3 heteroatoms. The summed E-state index contributed by atoms with van der Waals surface area (Å²) < 4.78 is 4.00. The average Bonchev–Trinajstić information content (AvgIpc) is 2.17. The molecule has 0 bridgehead atoms. The maximum Gasteiger partial charge on any atom is 0.248 e. The molecule has 56 valence electrons. The van der Waals surface area contributed by atoms with Crippen molar-refractivity contribution in [3.63, 3.8) is 0 Å². The van der Waals surface area contributed by atoms with Crippen molar-refractivity contribution in [2.24, 2.45) is 7.05 Å². The summed E-state index contributed by atoms with van der Waals surface area (Å²) in [6.45, 7) is 2.00. The van der Waals surface area contributed by atoms with E-state index in [0.717, 1.165) is 0 Å². The van der Waals surface area contributed by atoms with Gasteiger partial charge in [0.2, 0.25) is 6.33 Å². The van der Waals surface area contributed by atoms with Crippen LogP contribution in [0.1, 0.15) is 6.92 Å². The van der Waals surface area contributed by atoms with Gasteiger partial charge < -0.3 is 12.4 Å². The highest BCUT2D eigenvalue weighted by molar-refractivity contribution is 5.02. The van der Waals surface area contributed by atoms with Gasteiger partial charge in [-0.25, -0.2) is 9.13 Å². The first kappa shape index (κ1) is 9.24. The van der Waals surface area contributed by atoms with E-state index in [9.17, 15) is 0 Å². The zero-order valence-corrected chi connectivity index (χ0v) is 6.92. The van der Waals surface area contributed by atoms with Crippen LogP contribution in [0, 0.1) is 0 Å². The van der Waals surface area contributed by atoms with E-state index in [4.69, 9.17) is 0 Å². The summed E-state index contributed by atoms with van der Waals surface area (Å²) >= 11 is 0. The zero-order valence-electron chi connectivity index (χ0n) is 6.16. The minimum atomic E-state index is 0. The Balaban J connectivity index is 0.000000810. The van der Waals surface area contributed by atoms with Crippen LogP contribution in [0.5, 0.6) is 0 Å².